The largest absolute Gasteiger partial charge is 0.497 e. The lowest BCUT2D eigenvalue weighted by atomic mass is 10.1. The lowest BCUT2D eigenvalue weighted by Crippen LogP contribution is -2.22. The fourth-order valence-corrected chi connectivity index (χ4v) is 1.80. The average molecular weight is 234 g/mol. The van der Waals surface area contributed by atoms with Crippen LogP contribution >= 0.6 is 0 Å². The minimum atomic E-state index is -0.598. The van der Waals surface area contributed by atoms with E-state index in [-0.39, 0.29) is 6.10 Å². The number of hydrogen-bond donors (Lipinski definition) is 0. The molecule has 2 rings (SSSR count). The predicted molar refractivity (Wildman–Crippen MR) is 66.9 cm³/mol. The van der Waals surface area contributed by atoms with Crippen molar-refractivity contribution < 1.29 is 14.2 Å². The molecule has 0 aromatic heterocycles. The quantitative estimate of drug-likeness (QED) is 0.805. The van der Waals surface area contributed by atoms with Gasteiger partial charge in [-0.2, -0.15) is 0 Å². The summed E-state index contributed by atoms with van der Waals surface area (Å²) in [6.07, 6.45) is 4.09. The van der Waals surface area contributed by atoms with Crippen LogP contribution in [-0.2, 0) is 9.47 Å². The van der Waals surface area contributed by atoms with E-state index in [4.69, 9.17) is 14.2 Å². The van der Waals surface area contributed by atoms with Gasteiger partial charge in [-0.25, -0.2) is 0 Å². The summed E-state index contributed by atoms with van der Waals surface area (Å²) in [5, 5.41) is 0. The first kappa shape index (κ1) is 12.1. The normalized spacial score (nSPS) is 28.8. The Kier molecular flexibility index (Phi) is 3.50. The van der Waals surface area contributed by atoms with Crippen molar-refractivity contribution in [3.63, 3.8) is 0 Å². The van der Waals surface area contributed by atoms with Gasteiger partial charge in [0.1, 0.15) is 5.75 Å². The number of ether oxygens (including phenoxy) is 3. The first-order valence-corrected chi connectivity index (χ1v) is 5.76. The van der Waals surface area contributed by atoms with Gasteiger partial charge in [0.25, 0.3) is 0 Å². The van der Waals surface area contributed by atoms with Gasteiger partial charge in [0, 0.05) is 0 Å². The molecule has 17 heavy (non-hydrogen) atoms. The van der Waals surface area contributed by atoms with Gasteiger partial charge >= 0.3 is 0 Å². The molecule has 92 valence electrons. The monoisotopic (exact) mass is 234 g/mol. The number of rotatable bonds is 3. The molecule has 1 heterocycles. The third-order valence-electron chi connectivity index (χ3n) is 2.73. The van der Waals surface area contributed by atoms with E-state index in [0.717, 1.165) is 11.3 Å². The molecule has 0 radical (unpaired) electrons. The van der Waals surface area contributed by atoms with Crippen molar-refractivity contribution in [2.24, 2.45) is 0 Å². The summed E-state index contributed by atoms with van der Waals surface area (Å²) in [6, 6.07) is 7.86. The van der Waals surface area contributed by atoms with Crippen LogP contribution in [0.1, 0.15) is 19.4 Å². The van der Waals surface area contributed by atoms with E-state index < -0.39 is 5.79 Å². The Labute approximate surface area is 102 Å². The second kappa shape index (κ2) is 4.90. The predicted octanol–water partition coefficient (Wildman–Crippen LogP) is 2.86. The van der Waals surface area contributed by atoms with E-state index in [1.807, 2.05) is 50.3 Å². The average Bonchev–Trinajstić information content (AvgIpc) is 2.68. The van der Waals surface area contributed by atoms with Crippen LogP contribution in [0.3, 0.4) is 0 Å². The molecule has 0 bridgehead atoms. The highest BCUT2D eigenvalue weighted by Crippen LogP contribution is 2.25. The van der Waals surface area contributed by atoms with Crippen molar-refractivity contribution >= 4 is 6.08 Å². The van der Waals surface area contributed by atoms with E-state index in [1.165, 1.54) is 0 Å². The van der Waals surface area contributed by atoms with Gasteiger partial charge in [0.2, 0.25) is 0 Å². The summed E-state index contributed by atoms with van der Waals surface area (Å²) in [4.78, 5) is 0. The van der Waals surface area contributed by atoms with E-state index in [9.17, 15) is 0 Å². The van der Waals surface area contributed by atoms with Gasteiger partial charge < -0.3 is 14.2 Å². The molecule has 1 saturated heterocycles. The van der Waals surface area contributed by atoms with E-state index in [0.29, 0.717) is 6.61 Å². The maximum Gasteiger partial charge on any atom is 0.185 e. The molecule has 2 atom stereocenters. The van der Waals surface area contributed by atoms with Crippen molar-refractivity contribution in [2.45, 2.75) is 25.7 Å². The van der Waals surface area contributed by atoms with E-state index in [1.54, 1.807) is 7.11 Å². The Morgan fingerprint density at radius 2 is 2.06 bits per heavy atom. The van der Waals surface area contributed by atoms with Gasteiger partial charge in [-0.3, -0.25) is 0 Å². The fraction of sp³-hybridized carbons (Fsp3) is 0.429. The number of methoxy groups -OCH3 is 1. The van der Waals surface area contributed by atoms with Crippen LogP contribution < -0.4 is 4.74 Å². The van der Waals surface area contributed by atoms with Crippen LogP contribution in [0.5, 0.6) is 5.75 Å². The van der Waals surface area contributed by atoms with Gasteiger partial charge in [-0.1, -0.05) is 18.2 Å². The number of benzene rings is 1. The molecule has 3 heteroatoms. The molecule has 1 fully saturated rings. The summed E-state index contributed by atoms with van der Waals surface area (Å²) >= 11 is 0. The van der Waals surface area contributed by atoms with Crippen LogP contribution in [0.4, 0.5) is 0 Å². The Hall–Kier alpha value is -1.32. The first-order valence-electron chi connectivity index (χ1n) is 5.76. The Balaban J connectivity index is 2.04. The van der Waals surface area contributed by atoms with Crippen molar-refractivity contribution in [1.82, 2.24) is 0 Å². The molecular formula is C14H18O3. The molecule has 0 N–H and O–H groups in total. The Morgan fingerprint density at radius 3 is 2.59 bits per heavy atom. The molecule has 3 nitrogen and oxygen atoms in total. The molecule has 1 aromatic carbocycles. The fourth-order valence-electron chi connectivity index (χ4n) is 1.80. The number of hydrogen-bond acceptors (Lipinski definition) is 3. The minimum absolute atomic E-state index is 0.153. The summed E-state index contributed by atoms with van der Waals surface area (Å²) in [6.45, 7) is 4.58. The second-order valence-corrected chi connectivity index (χ2v) is 4.36. The van der Waals surface area contributed by atoms with Crippen LogP contribution in [-0.4, -0.2) is 25.6 Å². The third kappa shape index (κ3) is 3.08. The van der Waals surface area contributed by atoms with Crippen molar-refractivity contribution in [3.8, 4) is 5.75 Å². The van der Waals surface area contributed by atoms with Crippen molar-refractivity contribution in [3.05, 3.63) is 35.9 Å². The molecule has 1 aliphatic heterocycles. The Morgan fingerprint density at radius 1 is 1.35 bits per heavy atom. The van der Waals surface area contributed by atoms with Crippen LogP contribution in [0.2, 0.25) is 0 Å². The summed E-state index contributed by atoms with van der Waals surface area (Å²) in [7, 11) is 1.66. The topological polar surface area (TPSA) is 27.7 Å². The highest BCUT2D eigenvalue weighted by molar-refractivity contribution is 5.51. The maximum absolute atomic E-state index is 5.68. The highest BCUT2D eigenvalue weighted by Gasteiger charge is 2.32. The third-order valence-corrected chi connectivity index (χ3v) is 2.73. The zero-order valence-electron chi connectivity index (χ0n) is 10.5. The van der Waals surface area contributed by atoms with E-state index >= 15 is 0 Å². The Bertz CT molecular complexity index is 396. The van der Waals surface area contributed by atoms with Gasteiger partial charge in [-0.15, -0.1) is 0 Å². The molecule has 0 aliphatic carbocycles. The zero-order valence-corrected chi connectivity index (χ0v) is 10.5. The lowest BCUT2D eigenvalue weighted by Gasteiger charge is -2.18. The molecule has 2 unspecified atom stereocenters. The lowest BCUT2D eigenvalue weighted by molar-refractivity contribution is -0.110. The van der Waals surface area contributed by atoms with Crippen LogP contribution in [0, 0.1) is 0 Å². The van der Waals surface area contributed by atoms with Gasteiger partial charge in [-0.05, 0) is 37.6 Å². The molecule has 0 saturated carbocycles. The molecule has 1 aliphatic rings. The highest BCUT2D eigenvalue weighted by atomic mass is 16.7. The molecule has 0 amide bonds. The van der Waals surface area contributed by atoms with Gasteiger partial charge in [0.05, 0.1) is 19.8 Å². The molecule has 1 aromatic rings. The first-order chi connectivity index (χ1) is 8.11. The smallest absolute Gasteiger partial charge is 0.185 e. The van der Waals surface area contributed by atoms with Crippen LogP contribution in [0.15, 0.2) is 30.3 Å². The standard InChI is InChI=1S/C14H18O3/c1-11-10-16-14(2,17-11)9-8-12-4-6-13(15-3)7-5-12/h4-9,11H,10H2,1-3H3/b9-8+. The minimum Gasteiger partial charge on any atom is -0.497 e. The van der Waals surface area contributed by atoms with E-state index in [2.05, 4.69) is 0 Å². The SMILES string of the molecule is COc1ccc(/C=C/C2(C)OCC(C)O2)cc1. The molecular weight excluding hydrogens is 216 g/mol. The zero-order chi connectivity index (χ0) is 12.3. The second-order valence-electron chi connectivity index (χ2n) is 4.36. The summed E-state index contributed by atoms with van der Waals surface area (Å²) in [5.41, 5.74) is 1.10. The summed E-state index contributed by atoms with van der Waals surface area (Å²) in [5.74, 6) is 0.259. The van der Waals surface area contributed by atoms with Crippen molar-refractivity contribution in [2.75, 3.05) is 13.7 Å². The summed E-state index contributed by atoms with van der Waals surface area (Å²) < 4.78 is 16.4. The van der Waals surface area contributed by atoms with Gasteiger partial charge in [0.15, 0.2) is 5.79 Å². The molecule has 0 spiro atoms. The van der Waals surface area contributed by atoms with Crippen molar-refractivity contribution in [1.29, 1.82) is 0 Å². The van der Waals surface area contributed by atoms with Crippen LogP contribution in [0.25, 0.3) is 6.08 Å². The maximum atomic E-state index is 5.68.